The number of aryl methyl sites for hydroxylation is 2. The summed E-state index contributed by atoms with van der Waals surface area (Å²) >= 11 is 0. The molecule has 3 heteroatoms. The first kappa shape index (κ1) is 24.0. The van der Waals surface area contributed by atoms with E-state index >= 15 is 0 Å². The fourth-order valence-electron chi connectivity index (χ4n) is 4.28. The second-order valence-corrected chi connectivity index (χ2v) is 11.3. The molecule has 0 aliphatic carbocycles. The Bertz CT molecular complexity index is 1220. The molecular formula is C31H34NOP. The van der Waals surface area contributed by atoms with E-state index in [2.05, 4.69) is 131 Å². The molecule has 0 radical (unpaired) electrons. The van der Waals surface area contributed by atoms with Crippen LogP contribution in [0.2, 0.25) is 0 Å². The van der Waals surface area contributed by atoms with Gasteiger partial charge in [0.25, 0.3) is 0 Å². The first-order chi connectivity index (χ1) is 16.2. The van der Waals surface area contributed by atoms with Crippen LogP contribution < -0.4 is 15.5 Å². The largest absolute Gasteiger partial charge is 0.507 e. The highest BCUT2D eigenvalue weighted by Gasteiger charge is 2.22. The lowest BCUT2D eigenvalue weighted by molar-refractivity contribution is 0.450. The predicted molar refractivity (Wildman–Crippen MR) is 149 cm³/mol. The Balaban J connectivity index is 1.76. The van der Waals surface area contributed by atoms with E-state index in [4.69, 9.17) is 0 Å². The highest BCUT2D eigenvalue weighted by atomic mass is 31.1. The zero-order chi connectivity index (χ0) is 24.3. The third-order valence-electron chi connectivity index (χ3n) is 6.06. The van der Waals surface area contributed by atoms with E-state index in [-0.39, 0.29) is 5.41 Å². The van der Waals surface area contributed by atoms with Crippen LogP contribution in [-0.2, 0) is 12.0 Å². The van der Waals surface area contributed by atoms with Crippen LogP contribution in [-0.4, -0.2) is 5.11 Å². The normalized spacial score (nSPS) is 11.8. The molecule has 1 unspecified atom stereocenters. The van der Waals surface area contributed by atoms with Crippen molar-refractivity contribution in [3.63, 3.8) is 0 Å². The van der Waals surface area contributed by atoms with Crippen LogP contribution in [0.25, 0.3) is 0 Å². The van der Waals surface area contributed by atoms with Gasteiger partial charge in [-0.25, -0.2) is 0 Å². The van der Waals surface area contributed by atoms with Crippen molar-refractivity contribution >= 4 is 30.6 Å². The van der Waals surface area contributed by atoms with E-state index < -0.39 is 0 Å². The fraction of sp³-hybridized carbons (Fsp3) is 0.226. The van der Waals surface area contributed by atoms with Gasteiger partial charge in [0.15, 0.2) is 0 Å². The second-order valence-electron chi connectivity index (χ2n) is 10.0. The Morgan fingerprint density at radius 3 is 1.85 bits per heavy atom. The van der Waals surface area contributed by atoms with Gasteiger partial charge in [-0.05, 0) is 66.0 Å². The van der Waals surface area contributed by atoms with Crippen molar-refractivity contribution < 1.29 is 5.11 Å². The molecule has 0 amide bonds. The Hall–Kier alpha value is -3.09. The topological polar surface area (TPSA) is 23.5 Å². The summed E-state index contributed by atoms with van der Waals surface area (Å²) in [6.07, 6.45) is 0. The van der Waals surface area contributed by atoms with E-state index in [1.54, 1.807) is 0 Å². The van der Waals surface area contributed by atoms with E-state index in [1.165, 1.54) is 22.0 Å². The summed E-state index contributed by atoms with van der Waals surface area (Å²) in [7, 11) is 0.381. The van der Waals surface area contributed by atoms with Gasteiger partial charge in [-0.1, -0.05) is 95.6 Å². The summed E-state index contributed by atoms with van der Waals surface area (Å²) in [6, 6.07) is 32.0. The average molecular weight is 468 g/mol. The van der Waals surface area contributed by atoms with E-state index in [0.29, 0.717) is 14.3 Å². The van der Waals surface area contributed by atoms with E-state index in [1.807, 2.05) is 0 Å². The molecule has 0 fully saturated rings. The number of benzene rings is 4. The Morgan fingerprint density at radius 2 is 1.29 bits per heavy atom. The molecule has 4 rings (SSSR count). The molecule has 0 heterocycles. The molecule has 0 aliphatic rings. The first-order valence-corrected chi connectivity index (χ1v) is 12.8. The minimum atomic E-state index is -0.108. The van der Waals surface area contributed by atoms with Gasteiger partial charge in [-0.15, -0.1) is 0 Å². The van der Waals surface area contributed by atoms with Crippen LogP contribution in [0, 0.1) is 13.8 Å². The van der Waals surface area contributed by atoms with Gasteiger partial charge < -0.3 is 10.0 Å². The SMILES string of the molecule is Cc1ccc(Pc2cc(C)cc(C(C)(C)C)c2O)c(CN(c2ccccc2)c2ccccc2)c1. The predicted octanol–water partition coefficient (Wildman–Crippen LogP) is 7.27. The van der Waals surface area contributed by atoms with Crippen LogP contribution >= 0.6 is 8.58 Å². The number of para-hydroxylation sites is 2. The van der Waals surface area contributed by atoms with Crippen molar-refractivity contribution in [3.05, 3.63) is 113 Å². The summed E-state index contributed by atoms with van der Waals surface area (Å²) in [6.45, 7) is 11.5. The Labute approximate surface area is 206 Å². The Morgan fingerprint density at radius 1 is 0.706 bits per heavy atom. The molecule has 4 aromatic rings. The van der Waals surface area contributed by atoms with Gasteiger partial charge in [-0.2, -0.15) is 0 Å². The molecule has 1 N–H and O–H groups in total. The smallest absolute Gasteiger partial charge is 0.127 e. The quantitative estimate of drug-likeness (QED) is 0.301. The van der Waals surface area contributed by atoms with E-state index in [9.17, 15) is 5.11 Å². The summed E-state index contributed by atoms with van der Waals surface area (Å²) < 4.78 is 0. The number of anilines is 2. The molecule has 0 aromatic heterocycles. The van der Waals surface area contributed by atoms with Gasteiger partial charge in [0.2, 0.25) is 0 Å². The highest BCUT2D eigenvalue weighted by molar-refractivity contribution is 7.55. The van der Waals surface area contributed by atoms with Crippen LogP contribution in [0.4, 0.5) is 11.4 Å². The second kappa shape index (κ2) is 10.0. The third-order valence-corrected chi connectivity index (χ3v) is 7.46. The lowest BCUT2D eigenvalue weighted by atomic mass is 9.85. The maximum atomic E-state index is 11.2. The molecule has 0 spiro atoms. The van der Waals surface area contributed by atoms with Crippen molar-refractivity contribution in [2.75, 3.05) is 4.90 Å². The van der Waals surface area contributed by atoms with Crippen molar-refractivity contribution in [2.24, 2.45) is 0 Å². The molecule has 0 saturated heterocycles. The van der Waals surface area contributed by atoms with Crippen LogP contribution in [0.3, 0.4) is 0 Å². The van der Waals surface area contributed by atoms with Crippen LogP contribution in [0.1, 0.15) is 43.0 Å². The van der Waals surface area contributed by atoms with Gasteiger partial charge >= 0.3 is 0 Å². The minimum absolute atomic E-state index is 0.108. The molecule has 34 heavy (non-hydrogen) atoms. The van der Waals surface area contributed by atoms with Crippen LogP contribution in [0.15, 0.2) is 91.0 Å². The Kier molecular flexibility index (Phi) is 7.10. The maximum absolute atomic E-state index is 11.2. The lowest BCUT2D eigenvalue weighted by Crippen LogP contribution is -2.22. The number of aromatic hydroxyl groups is 1. The van der Waals surface area contributed by atoms with Crippen molar-refractivity contribution in [3.8, 4) is 5.75 Å². The van der Waals surface area contributed by atoms with Crippen molar-refractivity contribution in [2.45, 2.75) is 46.6 Å². The zero-order valence-corrected chi connectivity index (χ0v) is 21.8. The van der Waals surface area contributed by atoms with Crippen molar-refractivity contribution in [1.82, 2.24) is 0 Å². The number of hydrogen-bond donors (Lipinski definition) is 1. The molecule has 174 valence electrons. The number of hydrogen-bond acceptors (Lipinski definition) is 2. The number of phenolic OH excluding ortho intramolecular Hbond substituents is 1. The monoisotopic (exact) mass is 467 g/mol. The highest BCUT2D eigenvalue weighted by Crippen LogP contribution is 2.34. The standard InChI is InChI=1S/C31H34NOP/c1-22-16-17-28(34-29-20-23(2)19-27(30(29)33)31(3,4)5)24(18-22)21-32(25-12-8-6-9-13-25)26-14-10-7-11-15-26/h6-20,33-34H,21H2,1-5H3. The van der Waals surface area contributed by atoms with Crippen molar-refractivity contribution in [1.29, 1.82) is 0 Å². The number of phenols is 1. The zero-order valence-electron chi connectivity index (χ0n) is 20.8. The fourth-order valence-corrected chi connectivity index (χ4v) is 5.61. The minimum Gasteiger partial charge on any atom is -0.507 e. The summed E-state index contributed by atoms with van der Waals surface area (Å²) in [5.74, 6) is 0.436. The molecule has 4 aromatic carbocycles. The van der Waals surface area contributed by atoms with Gasteiger partial charge in [0, 0.05) is 28.8 Å². The van der Waals surface area contributed by atoms with Crippen LogP contribution in [0.5, 0.6) is 5.75 Å². The summed E-state index contributed by atoms with van der Waals surface area (Å²) in [4.78, 5) is 2.36. The van der Waals surface area contributed by atoms with E-state index in [0.717, 1.165) is 28.8 Å². The summed E-state index contributed by atoms with van der Waals surface area (Å²) in [5, 5.41) is 13.5. The molecule has 0 saturated carbocycles. The molecular weight excluding hydrogens is 433 g/mol. The molecule has 0 bridgehead atoms. The van der Waals surface area contributed by atoms with Gasteiger partial charge in [0.1, 0.15) is 5.75 Å². The average Bonchev–Trinajstić information content (AvgIpc) is 2.81. The number of rotatable bonds is 6. The molecule has 0 aliphatic heterocycles. The maximum Gasteiger partial charge on any atom is 0.127 e. The molecule has 1 atom stereocenters. The van der Waals surface area contributed by atoms with Gasteiger partial charge in [-0.3, -0.25) is 0 Å². The third kappa shape index (κ3) is 5.51. The lowest BCUT2D eigenvalue weighted by Gasteiger charge is -2.27. The summed E-state index contributed by atoms with van der Waals surface area (Å²) in [5.41, 5.74) is 6.95. The number of nitrogens with zero attached hydrogens (tertiary/aromatic N) is 1. The first-order valence-electron chi connectivity index (χ1n) is 11.8. The molecule has 2 nitrogen and oxygen atoms in total. The van der Waals surface area contributed by atoms with Gasteiger partial charge in [0.05, 0.1) is 0 Å².